The summed E-state index contributed by atoms with van der Waals surface area (Å²) in [6, 6.07) is 14.1. The lowest BCUT2D eigenvalue weighted by Crippen LogP contribution is -2.36. The zero-order valence-electron chi connectivity index (χ0n) is 17.0. The highest BCUT2D eigenvalue weighted by Gasteiger charge is 2.32. The second kappa shape index (κ2) is 8.56. The number of nitrogens with zero attached hydrogens (tertiary/aromatic N) is 1. The highest BCUT2D eigenvalue weighted by molar-refractivity contribution is 6.36. The molecule has 3 nitrogen and oxygen atoms in total. The van der Waals surface area contributed by atoms with E-state index in [1.807, 2.05) is 0 Å². The second-order valence-electron chi connectivity index (χ2n) is 7.26. The monoisotopic (exact) mass is 431 g/mol. The van der Waals surface area contributed by atoms with Crippen LogP contribution < -0.4 is 4.90 Å². The Labute approximate surface area is 182 Å². The number of rotatable bonds is 2. The summed E-state index contributed by atoms with van der Waals surface area (Å²) in [5.74, 6) is 2.50. The number of halogens is 3. The van der Waals surface area contributed by atoms with Gasteiger partial charge < -0.3 is 4.90 Å². The third kappa shape index (κ3) is 4.19. The number of likely N-dealkylation sites (N-methyl/N-ethyl adjacent to an activating group) is 1. The van der Waals surface area contributed by atoms with Gasteiger partial charge in [0.25, 0.3) is 5.91 Å². The molecule has 0 radical (unpaired) electrons. The van der Waals surface area contributed by atoms with E-state index >= 15 is 0 Å². The van der Waals surface area contributed by atoms with Gasteiger partial charge in [0.15, 0.2) is 11.6 Å². The molecule has 4 rings (SSSR count). The van der Waals surface area contributed by atoms with Gasteiger partial charge in [-0.05, 0) is 59.7 Å². The lowest BCUT2D eigenvalue weighted by Gasteiger charge is -2.26. The minimum Gasteiger partial charge on any atom is -0.311 e. The van der Waals surface area contributed by atoms with Crippen LogP contribution in [0.3, 0.4) is 0 Å². The molecule has 0 fully saturated rings. The summed E-state index contributed by atoms with van der Waals surface area (Å²) in [6.07, 6.45) is 1.66. The first kappa shape index (κ1) is 21.1. The van der Waals surface area contributed by atoms with Crippen molar-refractivity contribution in [1.82, 2.24) is 0 Å². The fraction of sp³-hybridized carbons (Fsp3) is 0.0769. The summed E-state index contributed by atoms with van der Waals surface area (Å²) in [5.41, 5.74) is 2.21. The van der Waals surface area contributed by atoms with Crippen molar-refractivity contribution in [3.63, 3.8) is 0 Å². The van der Waals surface area contributed by atoms with Crippen molar-refractivity contribution in [2.24, 2.45) is 0 Å². The molecule has 158 valence electrons. The number of hydrogen-bond donors (Lipinski definition) is 0. The maximum absolute atomic E-state index is 13.5. The normalized spacial score (nSPS) is 14.2. The Hall–Kier alpha value is -4.11. The van der Waals surface area contributed by atoms with Crippen LogP contribution in [0.25, 0.3) is 6.08 Å². The van der Waals surface area contributed by atoms with Gasteiger partial charge in [-0.3, -0.25) is 9.59 Å². The zero-order chi connectivity index (χ0) is 22.8. The first-order valence-electron chi connectivity index (χ1n) is 9.70. The molecule has 0 spiro atoms. The van der Waals surface area contributed by atoms with E-state index in [4.69, 9.17) is 0 Å². The third-order valence-corrected chi connectivity index (χ3v) is 5.08. The fourth-order valence-corrected chi connectivity index (χ4v) is 3.37. The molecule has 0 aromatic heterocycles. The maximum Gasteiger partial charge on any atom is 0.262 e. The van der Waals surface area contributed by atoms with Crippen LogP contribution in [0.1, 0.15) is 27.0 Å². The van der Waals surface area contributed by atoms with E-state index in [1.54, 1.807) is 30.3 Å². The smallest absolute Gasteiger partial charge is 0.262 e. The predicted molar refractivity (Wildman–Crippen MR) is 115 cm³/mol. The summed E-state index contributed by atoms with van der Waals surface area (Å²) in [7, 11) is 1.53. The molecule has 32 heavy (non-hydrogen) atoms. The van der Waals surface area contributed by atoms with Crippen molar-refractivity contribution in [3.05, 3.63) is 106 Å². The standard InChI is InChI=1S/C26H16F3NO2/c1-30-24-12-8-17(4-2-3-16-5-9-19(27)10-6-16)13-20(24)25(31)21(26(30)32)14-18-7-11-22(28)23(29)15-18/h5-15H,3H2,1H3/b21-14+. The molecule has 6 heteroatoms. The van der Waals surface area contributed by atoms with Gasteiger partial charge in [-0.1, -0.05) is 30.0 Å². The van der Waals surface area contributed by atoms with Crippen molar-refractivity contribution in [3.8, 4) is 11.8 Å². The second-order valence-corrected chi connectivity index (χ2v) is 7.26. The molecule has 0 N–H and O–H groups in total. The molecule has 1 aliphatic heterocycles. The van der Waals surface area contributed by atoms with E-state index in [2.05, 4.69) is 11.8 Å². The van der Waals surface area contributed by atoms with Crippen LogP contribution >= 0.6 is 0 Å². The summed E-state index contributed by atoms with van der Waals surface area (Å²) < 4.78 is 39.7. The molecule has 0 saturated carbocycles. The quantitative estimate of drug-likeness (QED) is 0.327. The largest absolute Gasteiger partial charge is 0.311 e. The number of benzene rings is 3. The van der Waals surface area contributed by atoms with Crippen molar-refractivity contribution in [2.45, 2.75) is 6.42 Å². The molecule has 1 aliphatic rings. The van der Waals surface area contributed by atoms with Crippen LogP contribution in [0.5, 0.6) is 0 Å². The lowest BCUT2D eigenvalue weighted by atomic mass is 9.92. The Balaban J connectivity index is 1.65. The molecular formula is C26H16F3NO2. The van der Waals surface area contributed by atoms with Crippen molar-refractivity contribution in [2.75, 3.05) is 11.9 Å². The highest BCUT2D eigenvalue weighted by atomic mass is 19.2. The topological polar surface area (TPSA) is 37.4 Å². The van der Waals surface area contributed by atoms with Crippen LogP contribution in [0.2, 0.25) is 0 Å². The van der Waals surface area contributed by atoms with Crippen LogP contribution in [0.4, 0.5) is 18.9 Å². The number of hydrogen-bond acceptors (Lipinski definition) is 2. The van der Waals surface area contributed by atoms with Crippen LogP contribution in [0, 0.1) is 29.3 Å². The number of carbonyl (C=O) groups excluding carboxylic acids is 2. The number of fused-ring (bicyclic) bond motifs is 1. The molecule has 3 aromatic rings. The summed E-state index contributed by atoms with van der Waals surface area (Å²) >= 11 is 0. The van der Waals surface area contributed by atoms with Gasteiger partial charge >= 0.3 is 0 Å². The Morgan fingerprint density at radius 1 is 0.906 bits per heavy atom. The summed E-state index contributed by atoms with van der Waals surface area (Å²) in [4.78, 5) is 27.1. The molecule has 1 heterocycles. The van der Waals surface area contributed by atoms with Gasteiger partial charge in [0.1, 0.15) is 5.82 Å². The van der Waals surface area contributed by atoms with Gasteiger partial charge in [-0.2, -0.15) is 0 Å². The van der Waals surface area contributed by atoms with E-state index in [0.29, 0.717) is 17.7 Å². The minimum absolute atomic E-state index is 0.151. The average molecular weight is 431 g/mol. The lowest BCUT2D eigenvalue weighted by molar-refractivity contribution is -0.114. The van der Waals surface area contributed by atoms with E-state index in [0.717, 1.165) is 17.7 Å². The Kier molecular flexibility index (Phi) is 5.65. The number of ketones is 1. The zero-order valence-corrected chi connectivity index (χ0v) is 17.0. The molecule has 3 aromatic carbocycles. The predicted octanol–water partition coefficient (Wildman–Crippen LogP) is 4.94. The van der Waals surface area contributed by atoms with Gasteiger partial charge in [0, 0.05) is 24.6 Å². The summed E-state index contributed by atoms with van der Waals surface area (Å²) in [5, 5.41) is 0. The van der Waals surface area contributed by atoms with Crippen molar-refractivity contribution < 1.29 is 22.8 Å². The highest BCUT2D eigenvalue weighted by Crippen LogP contribution is 2.31. The molecule has 1 amide bonds. The molecule has 0 atom stereocenters. The van der Waals surface area contributed by atoms with E-state index in [1.165, 1.54) is 36.2 Å². The first-order valence-corrected chi connectivity index (χ1v) is 9.70. The van der Waals surface area contributed by atoms with Crippen molar-refractivity contribution >= 4 is 23.5 Å². The third-order valence-electron chi connectivity index (χ3n) is 5.08. The van der Waals surface area contributed by atoms with Crippen molar-refractivity contribution in [1.29, 1.82) is 0 Å². The van der Waals surface area contributed by atoms with E-state index in [-0.39, 0.29) is 22.5 Å². The first-order chi connectivity index (χ1) is 15.3. The van der Waals surface area contributed by atoms with Gasteiger partial charge in [-0.25, -0.2) is 13.2 Å². The van der Waals surface area contributed by atoms with Gasteiger partial charge in [0.2, 0.25) is 5.78 Å². The minimum atomic E-state index is -1.07. The molecule has 0 unspecified atom stereocenters. The number of carbonyl (C=O) groups is 2. The molecule has 0 saturated heterocycles. The molecular weight excluding hydrogens is 415 g/mol. The van der Waals surface area contributed by atoms with Crippen LogP contribution in [-0.2, 0) is 11.2 Å². The van der Waals surface area contributed by atoms with E-state index in [9.17, 15) is 22.8 Å². The summed E-state index contributed by atoms with van der Waals surface area (Å²) in [6.45, 7) is 0. The van der Waals surface area contributed by atoms with Gasteiger partial charge in [-0.15, -0.1) is 0 Å². The number of amides is 1. The molecule has 0 bridgehead atoms. The van der Waals surface area contributed by atoms with Crippen LogP contribution in [-0.4, -0.2) is 18.7 Å². The fourth-order valence-electron chi connectivity index (χ4n) is 3.37. The molecule has 0 aliphatic carbocycles. The van der Waals surface area contributed by atoms with E-state index < -0.39 is 23.3 Å². The van der Waals surface area contributed by atoms with Crippen LogP contribution in [0.15, 0.2) is 66.2 Å². The van der Waals surface area contributed by atoms with Gasteiger partial charge in [0.05, 0.1) is 11.3 Å². The SMILES string of the molecule is CN1C(=O)/C(=C/c2ccc(F)c(F)c2)C(=O)c2cc(C#CCc3ccc(F)cc3)ccc21. The Morgan fingerprint density at radius 2 is 1.66 bits per heavy atom. The number of anilines is 1. The Morgan fingerprint density at radius 3 is 2.38 bits per heavy atom. The Bertz CT molecular complexity index is 1330. The number of Topliss-reactive ketones (excluding diaryl/α,β-unsaturated/α-hetero) is 1. The maximum atomic E-state index is 13.5. The average Bonchev–Trinajstić information content (AvgIpc) is 2.79.